The molecule has 0 aliphatic carbocycles. The predicted octanol–water partition coefficient (Wildman–Crippen LogP) is 19.2. The number of aliphatic hydroxyl groups excluding tert-OH is 1. The normalized spacial score (nSPS) is 14.2. The average Bonchev–Trinajstić information content (AvgIpc) is 3.63. The zero-order valence-corrected chi connectivity index (χ0v) is 58.1. The van der Waals surface area contributed by atoms with E-state index in [0.717, 1.165) is 109 Å². The van der Waals surface area contributed by atoms with Gasteiger partial charge in [-0.15, -0.1) is 0 Å². The molecule has 0 saturated carbocycles. The van der Waals surface area contributed by atoms with Crippen LogP contribution in [0.5, 0.6) is 0 Å². The van der Waals surface area contributed by atoms with Gasteiger partial charge in [-0.3, -0.25) is 37.3 Å². The van der Waals surface area contributed by atoms with Gasteiger partial charge >= 0.3 is 39.5 Å². The van der Waals surface area contributed by atoms with Crippen molar-refractivity contribution in [3.8, 4) is 0 Å². The van der Waals surface area contributed by atoms with E-state index < -0.39 is 97.5 Å². The van der Waals surface area contributed by atoms with Crippen LogP contribution >= 0.6 is 15.6 Å². The van der Waals surface area contributed by atoms with Crippen molar-refractivity contribution in [3.05, 3.63) is 0 Å². The summed E-state index contributed by atoms with van der Waals surface area (Å²) >= 11 is 0. The number of unbranched alkanes of at least 4 members (excludes halogenated alkanes) is 37. The Morgan fingerprint density at radius 2 is 0.529 bits per heavy atom. The average molecular weight is 1280 g/mol. The van der Waals surface area contributed by atoms with Gasteiger partial charge in [0, 0.05) is 25.7 Å². The summed E-state index contributed by atoms with van der Waals surface area (Å²) in [6.07, 6.45) is 45.2. The third-order valence-electron chi connectivity index (χ3n) is 15.7. The smallest absolute Gasteiger partial charge is 0.462 e. The summed E-state index contributed by atoms with van der Waals surface area (Å²) in [7, 11) is -9.89. The topological polar surface area (TPSA) is 237 Å². The van der Waals surface area contributed by atoms with E-state index in [2.05, 4.69) is 41.5 Å². The van der Waals surface area contributed by atoms with Gasteiger partial charge in [-0.1, -0.05) is 292 Å². The molecule has 17 nitrogen and oxygen atoms in total. The number of carbonyl (C=O) groups excluding carboxylic acids is 4. The molecule has 0 bridgehead atoms. The summed E-state index contributed by atoms with van der Waals surface area (Å²) in [6, 6.07) is 0. The van der Waals surface area contributed by atoms with Crippen LogP contribution in [0.1, 0.15) is 343 Å². The molecule has 0 spiro atoms. The summed E-state index contributed by atoms with van der Waals surface area (Å²) < 4.78 is 67.9. The fourth-order valence-corrected chi connectivity index (χ4v) is 11.8. The van der Waals surface area contributed by atoms with Crippen LogP contribution < -0.4 is 0 Å². The second-order valence-electron chi connectivity index (χ2n) is 25.5. The maximum absolute atomic E-state index is 13.0. The summed E-state index contributed by atoms with van der Waals surface area (Å²) in [4.78, 5) is 72.1. The van der Waals surface area contributed by atoms with E-state index in [-0.39, 0.29) is 25.7 Å². The third-order valence-corrected chi connectivity index (χ3v) is 17.6. The van der Waals surface area contributed by atoms with Crippen LogP contribution in [0.2, 0.25) is 0 Å². The summed E-state index contributed by atoms with van der Waals surface area (Å²) in [5.74, 6) is -0.792. The Bertz CT molecular complexity index is 1700. The lowest BCUT2D eigenvalue weighted by Gasteiger charge is -2.21. The van der Waals surface area contributed by atoms with Crippen LogP contribution in [0.3, 0.4) is 0 Å². The van der Waals surface area contributed by atoms with Crippen LogP contribution in [0.25, 0.3) is 0 Å². The van der Waals surface area contributed by atoms with Crippen molar-refractivity contribution >= 4 is 39.5 Å². The summed E-state index contributed by atoms with van der Waals surface area (Å²) in [6.45, 7) is 9.30. The number of rotatable bonds is 67. The molecule has 3 N–H and O–H groups in total. The molecule has 19 heteroatoms. The maximum atomic E-state index is 13.0. The molecule has 0 saturated heterocycles. The van der Waals surface area contributed by atoms with Gasteiger partial charge < -0.3 is 33.8 Å². The zero-order chi connectivity index (χ0) is 64.3. The van der Waals surface area contributed by atoms with Crippen molar-refractivity contribution in [2.75, 3.05) is 39.6 Å². The van der Waals surface area contributed by atoms with E-state index in [1.807, 2.05) is 0 Å². The molecular formula is C68H132O17P2. The molecule has 0 aromatic rings. The highest BCUT2D eigenvalue weighted by Gasteiger charge is 2.30. The quantitative estimate of drug-likeness (QED) is 0.0222. The van der Waals surface area contributed by atoms with E-state index in [9.17, 15) is 43.2 Å². The fraction of sp³-hybridized carbons (Fsp3) is 0.941. The Labute approximate surface area is 530 Å². The molecule has 516 valence electrons. The summed E-state index contributed by atoms with van der Waals surface area (Å²) in [5, 5.41) is 10.5. The molecule has 87 heavy (non-hydrogen) atoms. The maximum Gasteiger partial charge on any atom is 0.472 e. The number of hydrogen-bond acceptors (Lipinski definition) is 15. The second kappa shape index (κ2) is 60.3. The molecule has 0 aromatic carbocycles. The molecular weight excluding hydrogens is 1150 g/mol. The van der Waals surface area contributed by atoms with Crippen LogP contribution in [0.15, 0.2) is 0 Å². The molecule has 5 atom stereocenters. The van der Waals surface area contributed by atoms with Gasteiger partial charge in [-0.2, -0.15) is 0 Å². The Morgan fingerprint density at radius 1 is 0.310 bits per heavy atom. The van der Waals surface area contributed by atoms with Crippen LogP contribution in [0.4, 0.5) is 0 Å². The number of hydrogen-bond donors (Lipinski definition) is 3. The number of aliphatic hydroxyl groups is 1. The van der Waals surface area contributed by atoms with E-state index in [4.69, 9.17) is 37.0 Å². The predicted molar refractivity (Wildman–Crippen MR) is 349 cm³/mol. The highest BCUT2D eigenvalue weighted by atomic mass is 31.2. The van der Waals surface area contributed by atoms with Gasteiger partial charge in [0.15, 0.2) is 12.2 Å². The van der Waals surface area contributed by atoms with Crippen molar-refractivity contribution in [1.29, 1.82) is 0 Å². The lowest BCUT2D eigenvalue weighted by atomic mass is 10.0. The number of esters is 4. The van der Waals surface area contributed by atoms with Crippen LogP contribution in [-0.4, -0.2) is 96.7 Å². The van der Waals surface area contributed by atoms with Gasteiger partial charge in [0.1, 0.15) is 19.3 Å². The molecule has 0 amide bonds. The number of phosphoric acid groups is 2. The first-order valence-corrected chi connectivity index (χ1v) is 38.5. The second-order valence-corrected chi connectivity index (χ2v) is 28.4. The van der Waals surface area contributed by atoms with Crippen molar-refractivity contribution < 1.29 is 80.2 Å². The van der Waals surface area contributed by atoms with Crippen molar-refractivity contribution in [1.82, 2.24) is 0 Å². The van der Waals surface area contributed by atoms with Crippen molar-refractivity contribution in [3.63, 3.8) is 0 Å². The van der Waals surface area contributed by atoms with Crippen molar-refractivity contribution in [2.24, 2.45) is 11.8 Å². The molecule has 0 aliphatic heterocycles. The molecule has 0 aromatic heterocycles. The lowest BCUT2D eigenvalue weighted by molar-refractivity contribution is -0.161. The third kappa shape index (κ3) is 62.6. The lowest BCUT2D eigenvalue weighted by Crippen LogP contribution is -2.30. The fourth-order valence-electron chi connectivity index (χ4n) is 10.2. The van der Waals surface area contributed by atoms with E-state index in [1.165, 1.54) is 141 Å². The van der Waals surface area contributed by atoms with E-state index >= 15 is 0 Å². The number of phosphoric ester groups is 2. The minimum absolute atomic E-state index is 0.102. The minimum atomic E-state index is -4.95. The van der Waals surface area contributed by atoms with E-state index in [0.29, 0.717) is 37.5 Å². The highest BCUT2D eigenvalue weighted by molar-refractivity contribution is 7.47. The van der Waals surface area contributed by atoms with E-state index in [1.54, 1.807) is 0 Å². The molecule has 0 radical (unpaired) electrons. The SMILES string of the molecule is CCCCCCCCCCCCCCCCCCCCCCCCC(=O)O[C@H](COC(=O)CCCCCCCCC(C)C)COP(=O)(O)OC[C@@H](O)COP(=O)(O)OC[C@@H](COC(=O)CCCCCCCCC)OC(=O)CCCCCCCCC(C)C. The first-order chi connectivity index (χ1) is 41.9. The van der Waals surface area contributed by atoms with Crippen LogP contribution in [-0.2, 0) is 65.4 Å². The Balaban J connectivity index is 5.07. The van der Waals surface area contributed by atoms with Crippen LogP contribution in [0, 0.1) is 11.8 Å². The number of carbonyl (C=O) groups is 4. The standard InChI is InChI=1S/C68H132O17P2/c1-7-9-11-13-15-16-17-18-19-20-21-22-23-24-25-26-27-28-29-31-40-46-52-67(72)84-63(57-79-66(71)51-45-39-34-32-36-42-48-60(3)4)58-82-86(74,75)80-54-62(69)55-81-87(76,77)83-59-64(56-78-65(70)50-44-38-30-14-12-10-8-2)85-68(73)53-47-41-35-33-37-43-49-61(5)6/h60-64,69H,7-59H2,1-6H3,(H,74,75)(H,76,77)/t62-,63-,64-/m1/s1. The molecule has 0 aliphatic rings. The first kappa shape index (κ1) is 85.1. The van der Waals surface area contributed by atoms with Gasteiger partial charge in [-0.25, -0.2) is 9.13 Å². The molecule has 2 unspecified atom stereocenters. The van der Waals surface area contributed by atoms with Gasteiger partial charge in [0.25, 0.3) is 0 Å². The first-order valence-electron chi connectivity index (χ1n) is 35.5. The summed E-state index contributed by atoms with van der Waals surface area (Å²) in [5.41, 5.74) is 0. The largest absolute Gasteiger partial charge is 0.472 e. The Kier molecular flexibility index (Phi) is 59.0. The number of ether oxygens (including phenoxy) is 4. The highest BCUT2D eigenvalue weighted by Crippen LogP contribution is 2.45. The Morgan fingerprint density at radius 3 is 0.782 bits per heavy atom. The molecule has 0 rings (SSSR count). The zero-order valence-electron chi connectivity index (χ0n) is 56.3. The van der Waals surface area contributed by atoms with Gasteiger partial charge in [0.2, 0.25) is 0 Å². The molecule has 0 fully saturated rings. The van der Waals surface area contributed by atoms with Crippen molar-refractivity contribution in [2.45, 2.75) is 362 Å². The molecule has 0 heterocycles. The monoisotopic (exact) mass is 1280 g/mol. The minimum Gasteiger partial charge on any atom is -0.462 e. The Hall–Kier alpha value is -1.94. The van der Waals surface area contributed by atoms with Gasteiger partial charge in [-0.05, 0) is 37.5 Å². The van der Waals surface area contributed by atoms with Gasteiger partial charge in [0.05, 0.1) is 26.4 Å².